The Morgan fingerprint density at radius 2 is 1.87 bits per heavy atom. The molecule has 5 rings (SSSR count). The minimum Gasteiger partial charge on any atom is -0.373 e. The van der Waals surface area contributed by atoms with Gasteiger partial charge in [0.15, 0.2) is 0 Å². The molecule has 2 fully saturated rings. The molecule has 1 aliphatic carbocycles. The number of hydrogen-bond acceptors (Lipinski definition) is 5. The van der Waals surface area contributed by atoms with E-state index in [0.717, 1.165) is 18.4 Å². The van der Waals surface area contributed by atoms with Crippen LogP contribution in [0.2, 0.25) is 0 Å². The van der Waals surface area contributed by atoms with Crippen LogP contribution >= 0.6 is 0 Å². The lowest BCUT2D eigenvalue weighted by atomic mass is 9.80. The van der Waals surface area contributed by atoms with Crippen molar-refractivity contribution < 1.29 is 18.8 Å². The number of nitrogens with zero attached hydrogens (tertiary/aromatic N) is 2. The van der Waals surface area contributed by atoms with Crippen LogP contribution in [0.15, 0.2) is 48.5 Å². The summed E-state index contributed by atoms with van der Waals surface area (Å²) >= 11 is 0. The second-order valence-electron chi connectivity index (χ2n) is 12.2. The second-order valence-corrected chi connectivity index (χ2v) is 12.2. The molecule has 0 bridgehead atoms. The van der Waals surface area contributed by atoms with Crippen molar-refractivity contribution in [3.63, 3.8) is 0 Å². The van der Waals surface area contributed by atoms with Gasteiger partial charge in [0, 0.05) is 24.3 Å². The molecule has 8 nitrogen and oxygen atoms in total. The zero-order valence-corrected chi connectivity index (χ0v) is 22.5. The number of carbonyl (C=O) groups is 3. The van der Waals surface area contributed by atoms with Crippen molar-refractivity contribution in [3.8, 4) is 6.07 Å². The highest BCUT2D eigenvalue weighted by Crippen LogP contribution is 2.46. The fourth-order valence-electron chi connectivity index (χ4n) is 5.81. The van der Waals surface area contributed by atoms with E-state index in [4.69, 9.17) is 0 Å². The molecule has 2 aromatic carbocycles. The molecular formula is C30H34FN5O3. The number of rotatable bonds is 7. The van der Waals surface area contributed by atoms with Crippen molar-refractivity contribution in [1.82, 2.24) is 10.2 Å². The van der Waals surface area contributed by atoms with E-state index in [1.54, 1.807) is 12.1 Å². The van der Waals surface area contributed by atoms with E-state index in [9.17, 15) is 24.0 Å². The van der Waals surface area contributed by atoms with Crippen LogP contribution in [0.3, 0.4) is 0 Å². The van der Waals surface area contributed by atoms with Crippen molar-refractivity contribution in [2.75, 3.05) is 17.2 Å². The zero-order valence-electron chi connectivity index (χ0n) is 22.5. The highest BCUT2D eigenvalue weighted by Gasteiger charge is 2.56. The molecule has 2 aromatic rings. The monoisotopic (exact) mass is 531 g/mol. The first kappa shape index (κ1) is 26.7. The molecule has 1 saturated carbocycles. The van der Waals surface area contributed by atoms with Gasteiger partial charge in [-0.15, -0.1) is 0 Å². The molecule has 2 aliphatic heterocycles. The van der Waals surface area contributed by atoms with Crippen molar-refractivity contribution in [1.29, 1.82) is 5.26 Å². The molecule has 1 saturated heterocycles. The van der Waals surface area contributed by atoms with Gasteiger partial charge in [-0.3, -0.25) is 14.4 Å². The second kappa shape index (κ2) is 9.99. The van der Waals surface area contributed by atoms with Crippen LogP contribution in [0.4, 0.5) is 15.8 Å². The lowest BCUT2D eigenvalue weighted by Gasteiger charge is -2.32. The topological polar surface area (TPSA) is 114 Å². The van der Waals surface area contributed by atoms with Gasteiger partial charge in [-0.1, -0.05) is 39.0 Å². The number of nitriles is 1. The van der Waals surface area contributed by atoms with Crippen LogP contribution in [0.1, 0.15) is 52.0 Å². The molecule has 3 aliphatic rings. The van der Waals surface area contributed by atoms with Gasteiger partial charge in [-0.05, 0) is 66.5 Å². The molecule has 1 spiro atoms. The Bertz CT molecular complexity index is 1330. The first-order valence-electron chi connectivity index (χ1n) is 13.4. The van der Waals surface area contributed by atoms with E-state index in [-0.39, 0.29) is 47.8 Å². The van der Waals surface area contributed by atoms with Gasteiger partial charge in [0.1, 0.15) is 23.9 Å². The third-order valence-corrected chi connectivity index (χ3v) is 7.89. The lowest BCUT2D eigenvalue weighted by Crippen LogP contribution is -2.55. The van der Waals surface area contributed by atoms with E-state index in [2.05, 4.69) is 22.0 Å². The molecule has 9 heteroatoms. The number of para-hydroxylation sites is 1. The fourth-order valence-corrected chi connectivity index (χ4v) is 5.81. The highest BCUT2D eigenvalue weighted by atomic mass is 19.1. The average molecular weight is 532 g/mol. The predicted molar refractivity (Wildman–Crippen MR) is 145 cm³/mol. The summed E-state index contributed by atoms with van der Waals surface area (Å²) in [5.74, 6) is -1.14. The Morgan fingerprint density at radius 3 is 2.51 bits per heavy atom. The number of nitrogens with one attached hydrogen (secondary N) is 3. The Hall–Kier alpha value is -3.93. The Balaban J connectivity index is 1.39. The number of carbonyl (C=O) groups excluding carboxylic acids is 3. The first-order chi connectivity index (χ1) is 18.5. The van der Waals surface area contributed by atoms with Gasteiger partial charge < -0.3 is 20.9 Å². The Morgan fingerprint density at radius 1 is 1.18 bits per heavy atom. The first-order valence-corrected chi connectivity index (χ1v) is 13.4. The van der Waals surface area contributed by atoms with Crippen LogP contribution in [0.5, 0.6) is 0 Å². The van der Waals surface area contributed by atoms with Crippen molar-refractivity contribution >= 4 is 29.1 Å². The van der Waals surface area contributed by atoms with E-state index in [1.165, 1.54) is 17.0 Å². The molecule has 0 unspecified atom stereocenters. The summed E-state index contributed by atoms with van der Waals surface area (Å²) in [7, 11) is 0. The SMILES string of the molecule is CC(C)(C)C[C@H](NC(=O)[C@@H](Nc1ccc(F)cc1)C1CC1)C(=O)N1C[C@]2(C[C@H]1C#N)C(=O)Nc1ccccc12. The number of benzene rings is 2. The van der Waals surface area contributed by atoms with Gasteiger partial charge in [-0.25, -0.2) is 4.39 Å². The molecular weight excluding hydrogens is 497 g/mol. The van der Waals surface area contributed by atoms with E-state index in [0.29, 0.717) is 17.8 Å². The zero-order chi connectivity index (χ0) is 27.9. The maximum atomic E-state index is 14.1. The van der Waals surface area contributed by atoms with Crippen LogP contribution in [0.25, 0.3) is 0 Å². The minimum absolute atomic E-state index is 0.0727. The quantitative estimate of drug-likeness (QED) is 0.501. The number of fused-ring (bicyclic) bond motifs is 2. The Labute approximate surface area is 227 Å². The minimum atomic E-state index is -0.996. The maximum Gasteiger partial charge on any atom is 0.246 e. The summed E-state index contributed by atoms with van der Waals surface area (Å²) in [6.45, 7) is 6.04. The highest BCUT2D eigenvalue weighted by molar-refractivity contribution is 6.07. The summed E-state index contributed by atoms with van der Waals surface area (Å²) in [5.41, 5.74) is 0.818. The number of likely N-dealkylation sites (tertiary alicyclic amines) is 1. The fraction of sp³-hybridized carbons (Fsp3) is 0.467. The average Bonchev–Trinajstić information content (AvgIpc) is 3.60. The third kappa shape index (κ3) is 5.33. The summed E-state index contributed by atoms with van der Waals surface area (Å²) in [6.07, 6.45) is 2.31. The van der Waals surface area contributed by atoms with Crippen molar-refractivity contribution in [3.05, 3.63) is 59.9 Å². The summed E-state index contributed by atoms with van der Waals surface area (Å²) in [6, 6.07) is 13.2. The van der Waals surface area contributed by atoms with Crippen molar-refractivity contribution in [2.24, 2.45) is 11.3 Å². The van der Waals surface area contributed by atoms with Gasteiger partial charge in [-0.2, -0.15) is 5.26 Å². The molecule has 39 heavy (non-hydrogen) atoms. The van der Waals surface area contributed by atoms with Gasteiger partial charge in [0.2, 0.25) is 17.7 Å². The van der Waals surface area contributed by atoms with Crippen LogP contribution in [-0.2, 0) is 19.8 Å². The van der Waals surface area contributed by atoms with Crippen LogP contribution in [0, 0.1) is 28.5 Å². The lowest BCUT2D eigenvalue weighted by molar-refractivity contribution is -0.138. The molecule has 3 amide bonds. The van der Waals surface area contributed by atoms with Crippen LogP contribution in [-0.4, -0.2) is 47.3 Å². The maximum absolute atomic E-state index is 14.1. The van der Waals surface area contributed by atoms with E-state index >= 15 is 0 Å². The smallest absolute Gasteiger partial charge is 0.246 e. The number of halogens is 1. The molecule has 4 atom stereocenters. The summed E-state index contributed by atoms with van der Waals surface area (Å²) in [4.78, 5) is 42.3. The molecule has 2 heterocycles. The number of amides is 3. The molecule has 0 radical (unpaired) electrons. The molecule has 204 valence electrons. The largest absolute Gasteiger partial charge is 0.373 e. The normalized spacial score (nSPS) is 23.5. The van der Waals surface area contributed by atoms with E-state index < -0.39 is 23.5 Å². The summed E-state index contributed by atoms with van der Waals surface area (Å²) in [5, 5.41) is 19.1. The number of anilines is 2. The van der Waals surface area contributed by atoms with Gasteiger partial charge in [0.05, 0.1) is 11.5 Å². The Kier molecular flexibility index (Phi) is 6.83. The predicted octanol–water partition coefficient (Wildman–Crippen LogP) is 3.95. The van der Waals surface area contributed by atoms with Crippen molar-refractivity contribution in [2.45, 2.75) is 70.0 Å². The third-order valence-electron chi connectivity index (χ3n) is 7.89. The van der Waals surface area contributed by atoms with E-state index in [1.807, 2.05) is 45.0 Å². The molecule has 3 N–H and O–H groups in total. The van der Waals surface area contributed by atoms with Crippen LogP contribution < -0.4 is 16.0 Å². The van der Waals surface area contributed by atoms with Gasteiger partial charge in [0.25, 0.3) is 0 Å². The number of hydrogen-bond donors (Lipinski definition) is 3. The van der Waals surface area contributed by atoms with Gasteiger partial charge >= 0.3 is 0 Å². The molecule has 0 aromatic heterocycles. The standard InChI is InChI=1S/C30H34FN5O3/c1-29(2,3)15-24(34-26(37)25(18-8-9-18)33-20-12-10-19(31)11-13-20)27(38)36-17-30(14-21(36)16-32)22-6-4-5-7-23(22)35-28(30)39/h4-7,10-13,18,21,24-25,33H,8-9,14-15,17H2,1-3H3,(H,34,37)(H,35,39)/t21-,24-,25-,30-/m0/s1. The summed E-state index contributed by atoms with van der Waals surface area (Å²) < 4.78 is 13.4.